The minimum Gasteiger partial charge on any atom is -0.465 e. The van der Waals surface area contributed by atoms with Crippen LogP contribution in [0.5, 0.6) is 0 Å². The van der Waals surface area contributed by atoms with Crippen molar-refractivity contribution >= 4 is 23.5 Å². The molecule has 1 aromatic heterocycles. The van der Waals surface area contributed by atoms with Gasteiger partial charge >= 0.3 is 5.97 Å². The molecule has 148 valence electrons. The zero-order valence-electron chi connectivity index (χ0n) is 15.7. The van der Waals surface area contributed by atoms with E-state index in [1.54, 1.807) is 42.5 Å². The van der Waals surface area contributed by atoms with Crippen LogP contribution in [0.2, 0.25) is 0 Å². The molecule has 0 unspecified atom stereocenters. The van der Waals surface area contributed by atoms with Crippen LogP contribution in [0.1, 0.15) is 26.4 Å². The van der Waals surface area contributed by atoms with Gasteiger partial charge in [0.25, 0.3) is 5.91 Å². The number of anilines is 2. The summed E-state index contributed by atoms with van der Waals surface area (Å²) in [7, 11) is 1.31. The van der Waals surface area contributed by atoms with E-state index >= 15 is 0 Å². The molecule has 29 heavy (non-hydrogen) atoms. The molecule has 8 heteroatoms. The Balaban J connectivity index is 1.62. The fraction of sp³-hybridized carbons (Fsp3) is 0.143. The zero-order valence-corrected chi connectivity index (χ0v) is 15.7. The number of nitrogens with zero attached hydrogens (tertiary/aromatic N) is 2. The highest BCUT2D eigenvalue weighted by molar-refractivity contribution is 5.92. The lowest BCUT2D eigenvalue weighted by atomic mass is 10.1. The first-order chi connectivity index (χ1) is 14.1. The normalized spacial score (nSPS) is 10.3. The molecular formula is C21H19FN4O3. The van der Waals surface area contributed by atoms with Crippen molar-refractivity contribution in [3.8, 4) is 0 Å². The number of aromatic nitrogens is 2. The van der Waals surface area contributed by atoms with E-state index in [4.69, 9.17) is 4.74 Å². The largest absolute Gasteiger partial charge is 0.465 e. The molecule has 0 spiro atoms. The lowest BCUT2D eigenvalue weighted by Crippen LogP contribution is -2.27. The fourth-order valence-corrected chi connectivity index (χ4v) is 2.62. The summed E-state index contributed by atoms with van der Waals surface area (Å²) in [5.41, 5.74) is 1.65. The third kappa shape index (κ3) is 5.35. The number of rotatable bonds is 7. The van der Waals surface area contributed by atoms with Gasteiger partial charge in [0, 0.05) is 18.4 Å². The molecule has 3 rings (SSSR count). The van der Waals surface area contributed by atoms with Gasteiger partial charge in [-0.25, -0.2) is 19.2 Å². The summed E-state index contributed by atoms with van der Waals surface area (Å²) in [6, 6.07) is 14.5. The van der Waals surface area contributed by atoms with Crippen molar-refractivity contribution in [3.05, 3.63) is 83.4 Å². The van der Waals surface area contributed by atoms with E-state index in [0.717, 1.165) is 0 Å². The highest BCUT2D eigenvalue weighted by Crippen LogP contribution is 2.15. The lowest BCUT2D eigenvalue weighted by Gasteiger charge is -2.08. The summed E-state index contributed by atoms with van der Waals surface area (Å²) in [4.78, 5) is 32.2. The van der Waals surface area contributed by atoms with Crippen molar-refractivity contribution in [1.29, 1.82) is 0 Å². The van der Waals surface area contributed by atoms with Crippen molar-refractivity contribution in [3.63, 3.8) is 0 Å². The molecular weight excluding hydrogens is 375 g/mol. The van der Waals surface area contributed by atoms with E-state index in [9.17, 15) is 14.0 Å². The lowest BCUT2D eigenvalue weighted by molar-refractivity contribution is 0.0600. The minimum absolute atomic E-state index is 0.167. The third-order valence-electron chi connectivity index (χ3n) is 4.07. The fourth-order valence-electron chi connectivity index (χ4n) is 2.62. The quantitative estimate of drug-likeness (QED) is 0.598. The molecule has 1 amide bonds. The van der Waals surface area contributed by atoms with E-state index in [-0.39, 0.29) is 24.0 Å². The Morgan fingerprint density at radius 2 is 1.93 bits per heavy atom. The van der Waals surface area contributed by atoms with Crippen molar-refractivity contribution < 1.29 is 18.7 Å². The second kappa shape index (κ2) is 9.41. The Labute approximate surface area is 167 Å². The number of carbonyl (C=O) groups is 2. The van der Waals surface area contributed by atoms with Crippen LogP contribution >= 0.6 is 0 Å². The maximum Gasteiger partial charge on any atom is 0.337 e. The zero-order chi connectivity index (χ0) is 20.6. The van der Waals surface area contributed by atoms with E-state index in [1.807, 2.05) is 0 Å². The first kappa shape index (κ1) is 19.9. The van der Waals surface area contributed by atoms with Gasteiger partial charge in [0.1, 0.15) is 11.5 Å². The molecule has 0 aliphatic carbocycles. The summed E-state index contributed by atoms with van der Waals surface area (Å²) in [5.74, 6) is -0.953. The van der Waals surface area contributed by atoms with Crippen molar-refractivity contribution in [2.45, 2.75) is 6.42 Å². The number of benzene rings is 2. The molecule has 3 aromatic rings. The number of hydrogen-bond donors (Lipinski definition) is 2. The first-order valence-corrected chi connectivity index (χ1v) is 8.87. The van der Waals surface area contributed by atoms with Gasteiger partial charge in [0.05, 0.1) is 12.7 Å². The molecule has 7 nitrogen and oxygen atoms in total. The molecule has 0 radical (unpaired) electrons. The van der Waals surface area contributed by atoms with Crippen LogP contribution in [-0.2, 0) is 11.2 Å². The average Bonchev–Trinajstić information content (AvgIpc) is 2.75. The number of carbonyl (C=O) groups excluding carboxylic acids is 2. The first-order valence-electron chi connectivity index (χ1n) is 8.87. The molecule has 0 bridgehead atoms. The van der Waals surface area contributed by atoms with Gasteiger partial charge in [-0.3, -0.25) is 4.79 Å². The van der Waals surface area contributed by atoms with Gasteiger partial charge in [0.15, 0.2) is 0 Å². The number of hydrogen-bond acceptors (Lipinski definition) is 6. The topological polar surface area (TPSA) is 93.2 Å². The summed E-state index contributed by atoms with van der Waals surface area (Å²) >= 11 is 0. The maximum absolute atomic E-state index is 13.6. The second-order valence-corrected chi connectivity index (χ2v) is 6.06. The van der Waals surface area contributed by atoms with Gasteiger partial charge in [-0.05, 0) is 42.3 Å². The Hall–Kier alpha value is -3.81. The van der Waals surface area contributed by atoms with Crippen LogP contribution in [0.15, 0.2) is 60.8 Å². The van der Waals surface area contributed by atoms with E-state index in [0.29, 0.717) is 23.2 Å². The molecule has 0 aliphatic rings. The van der Waals surface area contributed by atoms with Gasteiger partial charge in [-0.2, -0.15) is 0 Å². The Kier molecular flexibility index (Phi) is 6.47. The van der Waals surface area contributed by atoms with Gasteiger partial charge < -0.3 is 15.4 Å². The smallest absolute Gasteiger partial charge is 0.337 e. The molecule has 0 atom stereocenters. The summed E-state index contributed by atoms with van der Waals surface area (Å²) in [6.45, 7) is 0.272. The number of methoxy groups -OCH3 is 1. The summed E-state index contributed by atoms with van der Waals surface area (Å²) in [5, 5.41) is 5.66. The van der Waals surface area contributed by atoms with E-state index < -0.39 is 11.9 Å². The van der Waals surface area contributed by atoms with Crippen LogP contribution in [-0.4, -0.2) is 35.5 Å². The molecule has 0 fully saturated rings. The summed E-state index contributed by atoms with van der Waals surface area (Å²) in [6.07, 6.45) is 1.82. The second-order valence-electron chi connectivity index (χ2n) is 6.06. The highest BCUT2D eigenvalue weighted by Gasteiger charge is 2.10. The van der Waals surface area contributed by atoms with Crippen LogP contribution in [0.4, 0.5) is 16.0 Å². The van der Waals surface area contributed by atoms with Gasteiger partial charge in [0.2, 0.25) is 5.95 Å². The average molecular weight is 394 g/mol. The van der Waals surface area contributed by atoms with Crippen molar-refractivity contribution in [2.75, 3.05) is 19.0 Å². The minimum atomic E-state index is -0.461. The van der Waals surface area contributed by atoms with Gasteiger partial charge in [-0.15, -0.1) is 0 Å². The Morgan fingerprint density at radius 3 is 2.72 bits per heavy atom. The monoisotopic (exact) mass is 394 g/mol. The van der Waals surface area contributed by atoms with Crippen LogP contribution in [0.3, 0.4) is 0 Å². The molecule has 2 aromatic carbocycles. The maximum atomic E-state index is 13.6. The highest BCUT2D eigenvalue weighted by atomic mass is 19.1. The number of halogens is 1. The standard InChI is InChI=1S/C21H19FN4O3/c1-29-20(28)15-6-4-7-16(13-15)25-21-24-12-10-18(26-21)19(27)23-11-9-14-5-2-3-8-17(14)22/h2-8,10,12-13H,9,11H2,1H3,(H,23,27)(H,24,25,26). The van der Waals surface area contributed by atoms with Gasteiger partial charge in [-0.1, -0.05) is 24.3 Å². The molecule has 1 heterocycles. The predicted molar refractivity (Wildman–Crippen MR) is 106 cm³/mol. The predicted octanol–water partition coefficient (Wildman–Crippen LogP) is 3.12. The Morgan fingerprint density at radius 1 is 1.10 bits per heavy atom. The van der Waals surface area contributed by atoms with Crippen LogP contribution < -0.4 is 10.6 Å². The van der Waals surface area contributed by atoms with E-state index in [1.165, 1.54) is 25.4 Å². The van der Waals surface area contributed by atoms with Crippen LogP contribution in [0, 0.1) is 5.82 Å². The van der Waals surface area contributed by atoms with E-state index in [2.05, 4.69) is 20.6 Å². The number of esters is 1. The molecule has 0 aliphatic heterocycles. The molecule has 2 N–H and O–H groups in total. The SMILES string of the molecule is COC(=O)c1cccc(Nc2nccc(C(=O)NCCc3ccccc3F)n2)c1. The molecule has 0 saturated carbocycles. The van der Waals surface area contributed by atoms with Crippen molar-refractivity contribution in [1.82, 2.24) is 15.3 Å². The Bertz CT molecular complexity index is 1030. The summed E-state index contributed by atoms with van der Waals surface area (Å²) < 4.78 is 18.3. The molecule has 0 saturated heterocycles. The number of nitrogens with one attached hydrogen (secondary N) is 2. The number of ether oxygens (including phenoxy) is 1. The van der Waals surface area contributed by atoms with Crippen molar-refractivity contribution in [2.24, 2.45) is 0 Å². The number of amides is 1. The third-order valence-corrected chi connectivity index (χ3v) is 4.07. The van der Waals surface area contributed by atoms with Crippen LogP contribution in [0.25, 0.3) is 0 Å².